The van der Waals surface area contributed by atoms with Gasteiger partial charge in [-0.1, -0.05) is 18.1 Å². The van der Waals surface area contributed by atoms with Crippen molar-refractivity contribution < 1.29 is 14.3 Å². The molecule has 0 radical (unpaired) electrons. The molecule has 0 atom stereocenters. The molecule has 0 bridgehead atoms. The summed E-state index contributed by atoms with van der Waals surface area (Å²) in [7, 11) is 0. The van der Waals surface area contributed by atoms with Gasteiger partial charge >= 0.3 is 6.09 Å². The van der Waals surface area contributed by atoms with Gasteiger partial charge in [-0.15, -0.1) is 6.42 Å². The second-order valence-corrected chi connectivity index (χ2v) is 7.58. The molecule has 1 aromatic carbocycles. The Bertz CT molecular complexity index is 709. The summed E-state index contributed by atoms with van der Waals surface area (Å²) in [6.45, 7) is 8.90. The molecule has 2 rings (SSSR count). The number of carbonyl (C=O) groups is 1. The molecule has 0 aliphatic carbocycles. The van der Waals surface area contributed by atoms with Crippen LogP contribution in [0.4, 0.5) is 4.79 Å². The summed E-state index contributed by atoms with van der Waals surface area (Å²) in [5, 5.41) is 0. The topological polar surface area (TPSA) is 80.4 Å². The first kappa shape index (κ1) is 21.4. The van der Waals surface area contributed by atoms with E-state index in [1.165, 1.54) is 0 Å². The predicted molar refractivity (Wildman–Crippen MR) is 110 cm³/mol. The molecule has 0 unspecified atom stereocenters. The van der Waals surface area contributed by atoms with Gasteiger partial charge in [0.1, 0.15) is 18.0 Å². The number of hydrogen-bond donors (Lipinski definition) is 1. The summed E-state index contributed by atoms with van der Waals surface area (Å²) in [4.78, 5) is 20.3. The van der Waals surface area contributed by atoms with E-state index in [0.29, 0.717) is 38.7 Å². The van der Waals surface area contributed by atoms with Gasteiger partial charge in [0.05, 0.1) is 0 Å². The molecule has 1 saturated heterocycles. The third-order valence-electron chi connectivity index (χ3n) is 4.18. The maximum absolute atomic E-state index is 12.1. The number of benzene rings is 1. The van der Waals surface area contributed by atoms with Crippen molar-refractivity contribution in [1.29, 1.82) is 0 Å². The Hall–Kier alpha value is -2.88. The van der Waals surface area contributed by atoms with Gasteiger partial charge in [-0.25, -0.2) is 4.79 Å². The van der Waals surface area contributed by atoms with E-state index in [1.54, 1.807) is 4.90 Å². The largest absolute Gasteiger partial charge is 0.481 e. The van der Waals surface area contributed by atoms with Crippen LogP contribution in [0.5, 0.6) is 5.75 Å². The number of carbonyl (C=O) groups excluding carboxylic acids is 1. The fourth-order valence-electron chi connectivity index (χ4n) is 2.72. The first-order valence-corrected chi connectivity index (χ1v) is 9.46. The number of hydrogen-bond acceptors (Lipinski definition) is 4. The zero-order chi connectivity index (χ0) is 20.6. The van der Waals surface area contributed by atoms with Gasteiger partial charge in [-0.2, -0.15) is 0 Å². The zero-order valence-corrected chi connectivity index (χ0v) is 17.0. The molecule has 1 aliphatic heterocycles. The van der Waals surface area contributed by atoms with E-state index in [1.807, 2.05) is 49.9 Å². The summed E-state index contributed by atoms with van der Waals surface area (Å²) >= 11 is 0. The summed E-state index contributed by atoms with van der Waals surface area (Å²) < 4.78 is 10.8. The SMILES string of the molecule is C#CCOc1ccc(CCN=C(N)N2CCN(C(=O)OC(C)(C)C)CC2)cc1. The molecule has 0 aromatic heterocycles. The number of amides is 1. The summed E-state index contributed by atoms with van der Waals surface area (Å²) in [6.07, 6.45) is 5.68. The second kappa shape index (κ2) is 9.88. The minimum Gasteiger partial charge on any atom is -0.481 e. The number of guanidine groups is 1. The van der Waals surface area contributed by atoms with Crippen molar-refractivity contribution in [3.05, 3.63) is 29.8 Å². The lowest BCUT2D eigenvalue weighted by Gasteiger charge is -2.36. The highest BCUT2D eigenvalue weighted by Gasteiger charge is 2.26. The molecule has 7 heteroatoms. The van der Waals surface area contributed by atoms with Gasteiger partial charge in [0, 0.05) is 32.7 Å². The Morgan fingerprint density at radius 2 is 1.79 bits per heavy atom. The highest BCUT2D eigenvalue weighted by molar-refractivity contribution is 5.78. The minimum absolute atomic E-state index is 0.265. The van der Waals surface area contributed by atoms with Crippen LogP contribution in [0.1, 0.15) is 26.3 Å². The normalized spacial score (nSPS) is 15.1. The molecule has 1 aromatic rings. The lowest BCUT2D eigenvalue weighted by atomic mass is 10.1. The van der Waals surface area contributed by atoms with Crippen molar-refractivity contribution in [2.45, 2.75) is 32.8 Å². The first-order chi connectivity index (χ1) is 13.3. The van der Waals surface area contributed by atoms with Gasteiger partial charge in [0.25, 0.3) is 0 Å². The third kappa shape index (κ3) is 7.03. The lowest BCUT2D eigenvalue weighted by Crippen LogP contribution is -2.53. The van der Waals surface area contributed by atoms with Crippen molar-refractivity contribution in [2.75, 3.05) is 39.3 Å². The smallest absolute Gasteiger partial charge is 0.410 e. The van der Waals surface area contributed by atoms with Gasteiger partial charge in [-0.05, 0) is 44.9 Å². The van der Waals surface area contributed by atoms with Gasteiger partial charge in [0.15, 0.2) is 5.96 Å². The van der Waals surface area contributed by atoms with Crippen LogP contribution in [0.3, 0.4) is 0 Å². The molecule has 2 N–H and O–H groups in total. The standard InChI is InChI=1S/C21H30N4O3/c1-5-16-27-18-8-6-17(7-9-18)10-11-23-19(22)24-12-14-25(15-13-24)20(26)28-21(2,3)4/h1,6-9H,10-16H2,2-4H3,(H2,22,23). The fraction of sp³-hybridized carbons (Fsp3) is 0.524. The number of nitrogens with zero attached hydrogens (tertiary/aromatic N) is 3. The summed E-state index contributed by atoms with van der Waals surface area (Å²) in [5.41, 5.74) is 6.78. The number of piperazine rings is 1. The molecular formula is C21H30N4O3. The molecule has 0 saturated carbocycles. The van der Waals surface area contributed by atoms with Crippen molar-refractivity contribution in [2.24, 2.45) is 10.7 Å². The Labute approximate surface area is 167 Å². The highest BCUT2D eigenvalue weighted by atomic mass is 16.6. The predicted octanol–water partition coefficient (Wildman–Crippen LogP) is 2.11. The zero-order valence-electron chi connectivity index (χ0n) is 17.0. The van der Waals surface area contributed by atoms with Crippen molar-refractivity contribution in [1.82, 2.24) is 9.80 Å². The number of terminal acetylenes is 1. The number of nitrogens with two attached hydrogens (primary N) is 1. The van der Waals surface area contributed by atoms with Gasteiger partial charge in [-0.3, -0.25) is 4.99 Å². The van der Waals surface area contributed by atoms with Crippen LogP contribution in [0.2, 0.25) is 0 Å². The van der Waals surface area contributed by atoms with Crippen LogP contribution in [0, 0.1) is 12.3 Å². The molecule has 0 spiro atoms. The molecule has 7 nitrogen and oxygen atoms in total. The Morgan fingerprint density at radius 3 is 2.36 bits per heavy atom. The summed E-state index contributed by atoms with van der Waals surface area (Å²) in [6, 6.07) is 7.79. The fourth-order valence-corrected chi connectivity index (χ4v) is 2.72. The molecule has 152 valence electrons. The van der Waals surface area contributed by atoms with Crippen molar-refractivity contribution in [3.8, 4) is 18.1 Å². The second-order valence-electron chi connectivity index (χ2n) is 7.58. The van der Waals surface area contributed by atoms with Crippen LogP contribution in [0.15, 0.2) is 29.3 Å². The molecule has 1 aliphatic rings. The van der Waals surface area contributed by atoms with E-state index < -0.39 is 5.60 Å². The van der Waals surface area contributed by atoms with Crippen molar-refractivity contribution in [3.63, 3.8) is 0 Å². The molecule has 1 amide bonds. The minimum atomic E-state index is -0.486. The average molecular weight is 386 g/mol. The van der Waals surface area contributed by atoms with E-state index in [2.05, 4.69) is 10.9 Å². The van der Waals surface area contributed by atoms with E-state index in [9.17, 15) is 4.79 Å². The molecule has 1 fully saturated rings. The number of rotatable bonds is 5. The maximum Gasteiger partial charge on any atom is 0.410 e. The maximum atomic E-state index is 12.1. The van der Waals surface area contributed by atoms with E-state index in [-0.39, 0.29) is 12.7 Å². The summed E-state index contributed by atoms with van der Waals surface area (Å²) in [5.74, 6) is 3.71. The number of aliphatic imine (C=N–C) groups is 1. The Kier molecular flexibility index (Phi) is 7.56. The molecule has 28 heavy (non-hydrogen) atoms. The number of ether oxygens (including phenoxy) is 2. The van der Waals surface area contributed by atoms with Crippen LogP contribution in [-0.2, 0) is 11.2 Å². The van der Waals surface area contributed by atoms with E-state index in [4.69, 9.17) is 21.6 Å². The van der Waals surface area contributed by atoms with Crippen LogP contribution >= 0.6 is 0 Å². The average Bonchev–Trinajstić information content (AvgIpc) is 2.66. The van der Waals surface area contributed by atoms with E-state index >= 15 is 0 Å². The molecular weight excluding hydrogens is 356 g/mol. The lowest BCUT2D eigenvalue weighted by molar-refractivity contribution is 0.0186. The van der Waals surface area contributed by atoms with E-state index in [0.717, 1.165) is 17.7 Å². The van der Waals surface area contributed by atoms with Gasteiger partial charge < -0.3 is 25.0 Å². The van der Waals surface area contributed by atoms with Crippen LogP contribution in [0.25, 0.3) is 0 Å². The highest BCUT2D eigenvalue weighted by Crippen LogP contribution is 2.13. The van der Waals surface area contributed by atoms with Gasteiger partial charge in [0.2, 0.25) is 0 Å². The quantitative estimate of drug-likeness (QED) is 0.476. The molecule has 1 heterocycles. The Morgan fingerprint density at radius 1 is 1.18 bits per heavy atom. The van der Waals surface area contributed by atoms with Crippen molar-refractivity contribution >= 4 is 12.1 Å². The monoisotopic (exact) mass is 386 g/mol. The van der Waals surface area contributed by atoms with Crippen LogP contribution < -0.4 is 10.5 Å². The first-order valence-electron chi connectivity index (χ1n) is 9.46. The Balaban J connectivity index is 1.75. The van der Waals surface area contributed by atoms with Crippen LogP contribution in [-0.4, -0.2) is 66.8 Å². The third-order valence-corrected chi connectivity index (χ3v) is 4.18.